The standard InChI is InChI=1S/C16H25ClN2O/c1-3-15-11-20-12(2)10-19(15)8-7-16(18)13-5-4-6-14(17)9-13/h4-6,9,12,15-16H,3,7-8,10-11,18H2,1-2H3. The van der Waals surface area contributed by atoms with Crippen LogP contribution in [0.25, 0.3) is 0 Å². The molecule has 1 heterocycles. The third-order valence-corrected chi connectivity index (χ3v) is 4.29. The van der Waals surface area contributed by atoms with E-state index in [0.29, 0.717) is 12.1 Å². The third-order valence-electron chi connectivity index (χ3n) is 4.06. The molecule has 0 spiro atoms. The summed E-state index contributed by atoms with van der Waals surface area (Å²) >= 11 is 6.02. The summed E-state index contributed by atoms with van der Waals surface area (Å²) < 4.78 is 5.73. The topological polar surface area (TPSA) is 38.5 Å². The maximum Gasteiger partial charge on any atom is 0.0674 e. The molecule has 0 amide bonds. The average Bonchev–Trinajstić information content (AvgIpc) is 2.45. The largest absolute Gasteiger partial charge is 0.376 e. The summed E-state index contributed by atoms with van der Waals surface area (Å²) in [7, 11) is 0. The van der Waals surface area contributed by atoms with Gasteiger partial charge in [0.2, 0.25) is 0 Å². The minimum Gasteiger partial charge on any atom is -0.376 e. The van der Waals surface area contributed by atoms with Crippen LogP contribution in [-0.4, -0.2) is 36.7 Å². The molecule has 3 atom stereocenters. The predicted molar refractivity (Wildman–Crippen MR) is 84.1 cm³/mol. The first kappa shape index (κ1) is 15.8. The zero-order chi connectivity index (χ0) is 14.5. The van der Waals surface area contributed by atoms with Crippen LogP contribution in [-0.2, 0) is 4.74 Å². The van der Waals surface area contributed by atoms with Gasteiger partial charge in [-0.2, -0.15) is 0 Å². The van der Waals surface area contributed by atoms with E-state index in [9.17, 15) is 0 Å². The van der Waals surface area contributed by atoms with Crippen molar-refractivity contribution in [3.05, 3.63) is 34.9 Å². The highest BCUT2D eigenvalue weighted by Crippen LogP contribution is 2.21. The van der Waals surface area contributed by atoms with E-state index >= 15 is 0 Å². The number of benzene rings is 1. The fraction of sp³-hybridized carbons (Fsp3) is 0.625. The lowest BCUT2D eigenvalue weighted by molar-refractivity contribution is -0.0564. The molecule has 1 aliphatic rings. The lowest BCUT2D eigenvalue weighted by atomic mass is 10.0. The van der Waals surface area contributed by atoms with Crippen molar-refractivity contribution in [1.29, 1.82) is 0 Å². The monoisotopic (exact) mass is 296 g/mol. The Hall–Kier alpha value is -0.610. The fourth-order valence-corrected chi connectivity index (χ4v) is 2.97. The van der Waals surface area contributed by atoms with Gasteiger partial charge in [0.25, 0.3) is 0 Å². The lowest BCUT2D eigenvalue weighted by Gasteiger charge is -2.38. The first-order valence-electron chi connectivity index (χ1n) is 7.46. The number of ether oxygens (including phenoxy) is 1. The van der Waals surface area contributed by atoms with Gasteiger partial charge >= 0.3 is 0 Å². The summed E-state index contributed by atoms with van der Waals surface area (Å²) in [5, 5.41) is 0.754. The smallest absolute Gasteiger partial charge is 0.0674 e. The van der Waals surface area contributed by atoms with Gasteiger partial charge in [-0.25, -0.2) is 0 Å². The van der Waals surface area contributed by atoms with Gasteiger partial charge in [-0.3, -0.25) is 4.90 Å². The average molecular weight is 297 g/mol. The van der Waals surface area contributed by atoms with Crippen LogP contribution in [0.1, 0.15) is 38.3 Å². The molecule has 0 aliphatic carbocycles. The maximum atomic E-state index is 6.29. The number of hydrogen-bond acceptors (Lipinski definition) is 3. The number of rotatable bonds is 5. The minimum atomic E-state index is 0.0457. The van der Waals surface area contributed by atoms with Crippen molar-refractivity contribution in [2.24, 2.45) is 5.73 Å². The van der Waals surface area contributed by atoms with Crippen molar-refractivity contribution >= 4 is 11.6 Å². The Kier molecular flexibility index (Phi) is 5.85. The van der Waals surface area contributed by atoms with Gasteiger partial charge < -0.3 is 10.5 Å². The number of hydrogen-bond donors (Lipinski definition) is 1. The first-order chi connectivity index (χ1) is 9.60. The van der Waals surface area contributed by atoms with Crippen molar-refractivity contribution < 1.29 is 4.74 Å². The highest BCUT2D eigenvalue weighted by molar-refractivity contribution is 6.30. The molecule has 3 nitrogen and oxygen atoms in total. The summed E-state index contributed by atoms with van der Waals surface area (Å²) in [6, 6.07) is 8.43. The second kappa shape index (κ2) is 7.41. The van der Waals surface area contributed by atoms with Gasteiger partial charge in [0.15, 0.2) is 0 Å². The molecule has 20 heavy (non-hydrogen) atoms. The molecule has 1 aliphatic heterocycles. The van der Waals surface area contributed by atoms with Crippen molar-refractivity contribution in [2.75, 3.05) is 19.7 Å². The molecule has 1 saturated heterocycles. The van der Waals surface area contributed by atoms with Gasteiger partial charge in [-0.05, 0) is 37.5 Å². The number of halogens is 1. The molecule has 0 bridgehead atoms. The summed E-state index contributed by atoms with van der Waals surface area (Å²) in [6.45, 7) is 7.20. The molecule has 2 rings (SSSR count). The normalized spacial score (nSPS) is 25.6. The van der Waals surface area contributed by atoms with Crippen molar-refractivity contribution in [1.82, 2.24) is 4.90 Å². The molecule has 1 aromatic rings. The van der Waals surface area contributed by atoms with E-state index in [4.69, 9.17) is 22.1 Å². The van der Waals surface area contributed by atoms with E-state index in [0.717, 1.165) is 43.1 Å². The van der Waals surface area contributed by atoms with Crippen molar-refractivity contribution in [2.45, 2.75) is 44.9 Å². The third kappa shape index (κ3) is 4.19. The van der Waals surface area contributed by atoms with Crippen molar-refractivity contribution in [3.8, 4) is 0 Å². The zero-order valence-corrected chi connectivity index (χ0v) is 13.1. The van der Waals surface area contributed by atoms with Crippen LogP contribution < -0.4 is 5.73 Å². The molecule has 1 fully saturated rings. The Bertz CT molecular complexity index is 427. The van der Waals surface area contributed by atoms with Crippen LogP contribution in [0.4, 0.5) is 0 Å². The Labute approximate surface area is 127 Å². The first-order valence-corrected chi connectivity index (χ1v) is 7.84. The molecule has 2 N–H and O–H groups in total. The molecule has 0 saturated carbocycles. The van der Waals surface area contributed by atoms with Gasteiger partial charge in [0.1, 0.15) is 0 Å². The summed E-state index contributed by atoms with van der Waals surface area (Å²) in [6.07, 6.45) is 2.39. The fourth-order valence-electron chi connectivity index (χ4n) is 2.77. The summed E-state index contributed by atoms with van der Waals surface area (Å²) in [5.41, 5.74) is 7.40. The summed E-state index contributed by atoms with van der Waals surface area (Å²) in [5.74, 6) is 0. The predicted octanol–water partition coefficient (Wildman–Crippen LogP) is 3.23. The van der Waals surface area contributed by atoms with E-state index in [-0.39, 0.29) is 6.04 Å². The second-order valence-corrected chi connectivity index (χ2v) is 6.09. The highest BCUT2D eigenvalue weighted by Gasteiger charge is 2.25. The van der Waals surface area contributed by atoms with Crippen LogP contribution in [0.3, 0.4) is 0 Å². The molecule has 4 heteroatoms. The molecule has 112 valence electrons. The van der Waals surface area contributed by atoms with Gasteiger partial charge in [-0.1, -0.05) is 30.7 Å². The van der Waals surface area contributed by atoms with Crippen molar-refractivity contribution in [3.63, 3.8) is 0 Å². The van der Waals surface area contributed by atoms with Crippen LogP contribution in [0, 0.1) is 0 Å². The second-order valence-electron chi connectivity index (χ2n) is 5.65. The van der Waals surface area contributed by atoms with E-state index in [1.54, 1.807) is 0 Å². The quantitative estimate of drug-likeness (QED) is 0.906. The molecular formula is C16H25ClN2O. The Balaban J connectivity index is 1.90. The number of nitrogens with zero attached hydrogens (tertiary/aromatic N) is 1. The Morgan fingerprint density at radius 3 is 3.00 bits per heavy atom. The van der Waals surface area contributed by atoms with Gasteiger partial charge in [0.05, 0.1) is 12.7 Å². The van der Waals surface area contributed by atoms with E-state index in [2.05, 4.69) is 24.8 Å². The highest BCUT2D eigenvalue weighted by atomic mass is 35.5. The molecule has 3 unspecified atom stereocenters. The molecule has 0 radical (unpaired) electrons. The maximum absolute atomic E-state index is 6.29. The Morgan fingerprint density at radius 1 is 1.50 bits per heavy atom. The van der Waals surface area contributed by atoms with Gasteiger partial charge in [-0.15, -0.1) is 0 Å². The molecular weight excluding hydrogens is 272 g/mol. The van der Waals surface area contributed by atoms with Crippen LogP contribution >= 0.6 is 11.6 Å². The SMILES string of the molecule is CCC1COC(C)CN1CCC(N)c1cccc(Cl)c1. The Morgan fingerprint density at radius 2 is 2.30 bits per heavy atom. The number of morpholine rings is 1. The van der Waals surface area contributed by atoms with Gasteiger partial charge in [0, 0.05) is 30.2 Å². The van der Waals surface area contributed by atoms with Crippen LogP contribution in [0.15, 0.2) is 24.3 Å². The van der Waals surface area contributed by atoms with Crippen LogP contribution in [0.5, 0.6) is 0 Å². The minimum absolute atomic E-state index is 0.0457. The molecule has 1 aromatic carbocycles. The zero-order valence-electron chi connectivity index (χ0n) is 12.4. The van der Waals surface area contributed by atoms with Crippen LogP contribution in [0.2, 0.25) is 5.02 Å². The van der Waals surface area contributed by atoms with E-state index < -0.39 is 0 Å². The lowest BCUT2D eigenvalue weighted by Crippen LogP contribution is -2.49. The molecule has 0 aromatic heterocycles. The van der Waals surface area contributed by atoms with E-state index in [1.165, 1.54) is 0 Å². The summed E-state index contributed by atoms with van der Waals surface area (Å²) in [4.78, 5) is 2.51. The number of nitrogens with two attached hydrogens (primary N) is 1. The van der Waals surface area contributed by atoms with E-state index in [1.807, 2.05) is 18.2 Å².